The zero-order valence-electron chi connectivity index (χ0n) is 11.8. The Morgan fingerprint density at radius 2 is 1.86 bits per heavy atom. The number of hydrogen-bond donors (Lipinski definition) is 1. The van der Waals surface area contributed by atoms with Gasteiger partial charge in [-0.3, -0.25) is 0 Å². The fourth-order valence-electron chi connectivity index (χ4n) is 3.46. The number of aryl methyl sites for hydroxylation is 1. The predicted octanol–water partition coefficient (Wildman–Crippen LogP) is 4.80. The minimum Gasteiger partial charge on any atom is -0.395 e. The van der Waals surface area contributed by atoms with Gasteiger partial charge >= 0.3 is 0 Å². The van der Waals surface area contributed by atoms with Crippen molar-refractivity contribution in [2.24, 2.45) is 0 Å². The fourth-order valence-corrected chi connectivity index (χ4v) is 3.85. The lowest BCUT2D eigenvalue weighted by Gasteiger charge is -2.38. The summed E-state index contributed by atoms with van der Waals surface area (Å²) >= 11 is 12.5. The van der Waals surface area contributed by atoms with Crippen molar-refractivity contribution in [1.29, 1.82) is 0 Å². The molecule has 1 aliphatic carbocycles. The summed E-state index contributed by atoms with van der Waals surface area (Å²) in [6.07, 6.45) is 3.88. The molecule has 1 nitrogen and oxygen atoms in total. The zero-order valence-corrected chi connectivity index (χ0v) is 13.3. The van der Waals surface area contributed by atoms with Crippen LogP contribution in [0.3, 0.4) is 0 Å². The van der Waals surface area contributed by atoms with Crippen molar-refractivity contribution in [3.63, 3.8) is 0 Å². The molecule has 2 aromatic rings. The van der Waals surface area contributed by atoms with Gasteiger partial charge in [-0.1, -0.05) is 59.6 Å². The van der Waals surface area contributed by atoms with Gasteiger partial charge in [0.05, 0.1) is 16.7 Å². The molecule has 3 rings (SSSR count). The average Bonchev–Trinajstić information content (AvgIpc) is 2.52. The molecule has 1 unspecified atom stereocenters. The van der Waals surface area contributed by atoms with Crippen LogP contribution in [0.25, 0.3) is 0 Å². The van der Waals surface area contributed by atoms with Crippen molar-refractivity contribution in [3.8, 4) is 0 Å². The van der Waals surface area contributed by atoms with E-state index in [1.807, 2.05) is 18.2 Å². The second kappa shape index (κ2) is 6.00. The first-order valence-corrected chi connectivity index (χ1v) is 8.04. The summed E-state index contributed by atoms with van der Waals surface area (Å²) in [4.78, 5) is 0. The molecular formula is C18H18Cl2O. The topological polar surface area (TPSA) is 20.2 Å². The molecule has 0 heterocycles. The van der Waals surface area contributed by atoms with E-state index in [0.717, 1.165) is 31.2 Å². The van der Waals surface area contributed by atoms with Crippen LogP contribution >= 0.6 is 23.2 Å². The summed E-state index contributed by atoms with van der Waals surface area (Å²) in [6, 6.07) is 14.1. The Balaban J connectivity index is 2.04. The molecule has 3 heteroatoms. The predicted molar refractivity (Wildman–Crippen MR) is 88.3 cm³/mol. The lowest BCUT2D eigenvalue weighted by molar-refractivity contribution is 0.173. The van der Waals surface area contributed by atoms with Gasteiger partial charge in [-0.15, -0.1) is 0 Å². The van der Waals surface area contributed by atoms with E-state index in [0.29, 0.717) is 10.0 Å². The first-order valence-electron chi connectivity index (χ1n) is 7.28. The minimum atomic E-state index is -0.247. The van der Waals surface area contributed by atoms with Crippen LogP contribution in [-0.2, 0) is 18.3 Å². The van der Waals surface area contributed by atoms with E-state index in [1.165, 1.54) is 11.1 Å². The summed E-state index contributed by atoms with van der Waals surface area (Å²) in [5.41, 5.74) is 3.36. The number of aliphatic hydroxyl groups is 1. The van der Waals surface area contributed by atoms with Gasteiger partial charge in [-0.25, -0.2) is 0 Å². The van der Waals surface area contributed by atoms with Crippen molar-refractivity contribution in [2.45, 2.75) is 31.1 Å². The van der Waals surface area contributed by atoms with Crippen LogP contribution in [0.4, 0.5) is 0 Å². The standard InChI is InChI=1S/C18H18Cl2O/c19-16-9-3-6-14(17(16)20)11-18(12-21)10-4-7-13-5-1-2-8-15(13)18/h1-3,5-6,8-9,21H,4,7,10-12H2. The first kappa shape index (κ1) is 14.9. The Kier molecular flexibility index (Phi) is 4.26. The number of halogens is 2. The molecule has 0 spiro atoms. The quantitative estimate of drug-likeness (QED) is 0.861. The molecule has 0 aromatic heterocycles. The minimum absolute atomic E-state index is 0.132. The van der Waals surface area contributed by atoms with Gasteiger partial charge in [-0.05, 0) is 48.4 Å². The summed E-state index contributed by atoms with van der Waals surface area (Å²) in [7, 11) is 0. The molecule has 110 valence electrons. The zero-order chi connectivity index (χ0) is 14.9. The summed E-state index contributed by atoms with van der Waals surface area (Å²) < 4.78 is 0. The molecule has 0 bridgehead atoms. The highest BCUT2D eigenvalue weighted by Crippen LogP contribution is 2.41. The molecule has 0 saturated heterocycles. The Labute approximate surface area is 135 Å². The molecular weight excluding hydrogens is 303 g/mol. The van der Waals surface area contributed by atoms with Crippen LogP contribution < -0.4 is 0 Å². The number of aliphatic hydroxyl groups excluding tert-OH is 1. The van der Waals surface area contributed by atoms with E-state index in [-0.39, 0.29) is 12.0 Å². The third kappa shape index (κ3) is 2.70. The normalized spacial score (nSPS) is 21.1. The second-order valence-corrected chi connectivity index (χ2v) is 6.62. The van der Waals surface area contributed by atoms with Crippen LogP contribution in [0, 0.1) is 0 Å². The molecule has 0 radical (unpaired) electrons. The SMILES string of the molecule is OCC1(Cc2cccc(Cl)c2Cl)CCCc2ccccc21. The molecule has 0 aliphatic heterocycles. The highest BCUT2D eigenvalue weighted by atomic mass is 35.5. The van der Waals surface area contributed by atoms with Gasteiger partial charge in [0.1, 0.15) is 0 Å². The van der Waals surface area contributed by atoms with E-state index >= 15 is 0 Å². The average molecular weight is 321 g/mol. The highest BCUT2D eigenvalue weighted by molar-refractivity contribution is 6.42. The van der Waals surface area contributed by atoms with Gasteiger partial charge in [0.2, 0.25) is 0 Å². The Hall–Kier alpha value is -1.02. The van der Waals surface area contributed by atoms with Crippen LogP contribution in [0.2, 0.25) is 10.0 Å². The third-order valence-electron chi connectivity index (χ3n) is 4.55. The fraction of sp³-hybridized carbons (Fsp3) is 0.333. The Bertz CT molecular complexity index is 653. The van der Waals surface area contributed by atoms with Crippen LogP contribution in [0.15, 0.2) is 42.5 Å². The lowest BCUT2D eigenvalue weighted by atomic mass is 9.67. The lowest BCUT2D eigenvalue weighted by Crippen LogP contribution is -2.37. The maximum Gasteiger partial charge on any atom is 0.0624 e. The largest absolute Gasteiger partial charge is 0.395 e. The number of rotatable bonds is 3. The molecule has 1 N–H and O–H groups in total. The smallest absolute Gasteiger partial charge is 0.0624 e. The third-order valence-corrected chi connectivity index (χ3v) is 5.41. The molecule has 0 amide bonds. The van der Waals surface area contributed by atoms with E-state index in [1.54, 1.807) is 6.07 Å². The van der Waals surface area contributed by atoms with Gasteiger partial charge in [-0.2, -0.15) is 0 Å². The van der Waals surface area contributed by atoms with E-state index in [9.17, 15) is 5.11 Å². The van der Waals surface area contributed by atoms with Gasteiger partial charge in [0.15, 0.2) is 0 Å². The van der Waals surface area contributed by atoms with E-state index in [4.69, 9.17) is 23.2 Å². The molecule has 2 aromatic carbocycles. The number of fused-ring (bicyclic) bond motifs is 1. The number of hydrogen-bond acceptors (Lipinski definition) is 1. The highest BCUT2D eigenvalue weighted by Gasteiger charge is 2.36. The van der Waals surface area contributed by atoms with Crippen LogP contribution in [0.5, 0.6) is 0 Å². The van der Waals surface area contributed by atoms with Crippen molar-refractivity contribution < 1.29 is 5.11 Å². The molecule has 0 saturated carbocycles. The Morgan fingerprint density at radius 3 is 2.67 bits per heavy atom. The van der Waals surface area contributed by atoms with Crippen molar-refractivity contribution in [1.82, 2.24) is 0 Å². The second-order valence-electron chi connectivity index (χ2n) is 5.84. The summed E-state index contributed by atoms with van der Waals surface area (Å²) in [5, 5.41) is 11.3. The number of benzene rings is 2. The van der Waals surface area contributed by atoms with Crippen LogP contribution in [0.1, 0.15) is 29.5 Å². The maximum absolute atomic E-state index is 10.1. The van der Waals surface area contributed by atoms with E-state index < -0.39 is 0 Å². The molecule has 1 aliphatic rings. The molecule has 1 atom stereocenters. The van der Waals surface area contributed by atoms with Gasteiger partial charge < -0.3 is 5.11 Å². The van der Waals surface area contributed by atoms with E-state index in [2.05, 4.69) is 18.2 Å². The van der Waals surface area contributed by atoms with Gasteiger partial charge in [0.25, 0.3) is 0 Å². The Morgan fingerprint density at radius 1 is 1.05 bits per heavy atom. The summed E-state index contributed by atoms with van der Waals surface area (Å²) in [5.74, 6) is 0. The van der Waals surface area contributed by atoms with Crippen molar-refractivity contribution >= 4 is 23.2 Å². The molecule has 0 fully saturated rings. The maximum atomic E-state index is 10.1. The van der Waals surface area contributed by atoms with Crippen molar-refractivity contribution in [2.75, 3.05) is 6.61 Å². The monoisotopic (exact) mass is 320 g/mol. The van der Waals surface area contributed by atoms with Gasteiger partial charge in [0, 0.05) is 5.41 Å². The van der Waals surface area contributed by atoms with Crippen molar-refractivity contribution in [3.05, 3.63) is 69.2 Å². The molecule has 21 heavy (non-hydrogen) atoms. The van der Waals surface area contributed by atoms with Crippen LogP contribution in [-0.4, -0.2) is 11.7 Å². The summed E-state index contributed by atoms with van der Waals surface area (Å²) in [6.45, 7) is 0.132. The first-order chi connectivity index (χ1) is 10.2.